The predicted octanol–water partition coefficient (Wildman–Crippen LogP) is 4.23. The van der Waals surface area contributed by atoms with Crippen molar-refractivity contribution in [2.24, 2.45) is 0 Å². The number of Topliss-reactive ketones (excluding diaryl/α,β-unsaturated/α-hetero) is 1. The third kappa shape index (κ3) is 3.54. The van der Waals surface area contributed by atoms with E-state index in [1.807, 2.05) is 6.07 Å². The molecule has 30 heavy (non-hydrogen) atoms. The van der Waals surface area contributed by atoms with Crippen LogP contribution in [0.5, 0.6) is 11.5 Å². The molecule has 1 heterocycles. The molecule has 1 amide bonds. The minimum absolute atomic E-state index is 0.0168. The zero-order chi connectivity index (χ0) is 21.3. The van der Waals surface area contributed by atoms with Crippen molar-refractivity contribution in [2.75, 3.05) is 19.5 Å². The lowest BCUT2D eigenvalue weighted by Gasteiger charge is -2.12. The molecular formula is C23H22N2O5. The van der Waals surface area contributed by atoms with E-state index in [1.54, 1.807) is 56.7 Å². The summed E-state index contributed by atoms with van der Waals surface area (Å²) in [7, 11) is 3.15. The summed E-state index contributed by atoms with van der Waals surface area (Å²) in [6.07, 6.45) is 1.39. The lowest BCUT2D eigenvalue weighted by molar-refractivity contribution is -0.118. The van der Waals surface area contributed by atoms with Gasteiger partial charge in [0.1, 0.15) is 0 Å². The first-order chi connectivity index (χ1) is 14.5. The summed E-state index contributed by atoms with van der Waals surface area (Å²) >= 11 is 0. The Balaban J connectivity index is 1.54. The second-order valence-electron chi connectivity index (χ2n) is 7.32. The third-order valence-corrected chi connectivity index (χ3v) is 5.40. The lowest BCUT2D eigenvalue weighted by atomic mass is 10.00. The molecule has 1 aliphatic rings. The number of ketones is 1. The van der Waals surface area contributed by atoms with Crippen LogP contribution in [0.3, 0.4) is 0 Å². The Morgan fingerprint density at radius 1 is 1.00 bits per heavy atom. The molecule has 0 bridgehead atoms. The zero-order valence-electron chi connectivity index (χ0n) is 17.0. The Morgan fingerprint density at radius 2 is 1.70 bits per heavy atom. The minimum atomic E-state index is -0.697. The van der Waals surface area contributed by atoms with Crippen molar-refractivity contribution in [1.82, 2.24) is 5.16 Å². The quantitative estimate of drug-likeness (QED) is 0.591. The highest BCUT2D eigenvalue weighted by Crippen LogP contribution is 2.49. The lowest BCUT2D eigenvalue weighted by Crippen LogP contribution is -2.28. The molecule has 7 nitrogen and oxygen atoms in total. The number of benzene rings is 2. The van der Waals surface area contributed by atoms with Gasteiger partial charge in [-0.05, 0) is 62.2 Å². The first-order valence-corrected chi connectivity index (χ1v) is 9.59. The van der Waals surface area contributed by atoms with Gasteiger partial charge in [0.15, 0.2) is 23.0 Å². The summed E-state index contributed by atoms with van der Waals surface area (Å²) in [6.45, 7) is 1.51. The van der Waals surface area contributed by atoms with Crippen LogP contribution >= 0.6 is 0 Å². The molecule has 0 unspecified atom stereocenters. The van der Waals surface area contributed by atoms with E-state index >= 15 is 0 Å². The van der Waals surface area contributed by atoms with Crippen LogP contribution in [0.15, 0.2) is 53.1 Å². The van der Waals surface area contributed by atoms with E-state index in [-0.39, 0.29) is 11.7 Å². The van der Waals surface area contributed by atoms with E-state index in [1.165, 1.54) is 6.92 Å². The van der Waals surface area contributed by atoms with E-state index in [9.17, 15) is 9.59 Å². The maximum atomic E-state index is 12.9. The van der Waals surface area contributed by atoms with Crippen molar-refractivity contribution in [3.05, 3.63) is 59.8 Å². The maximum Gasteiger partial charge on any atom is 0.236 e. The van der Waals surface area contributed by atoms with E-state index in [2.05, 4.69) is 10.5 Å². The summed E-state index contributed by atoms with van der Waals surface area (Å²) in [6, 6.07) is 14.1. The third-order valence-electron chi connectivity index (χ3n) is 5.40. The van der Waals surface area contributed by atoms with Crippen molar-refractivity contribution >= 4 is 17.4 Å². The molecule has 154 valence electrons. The van der Waals surface area contributed by atoms with Gasteiger partial charge in [0.25, 0.3) is 0 Å². The monoisotopic (exact) mass is 406 g/mol. The van der Waals surface area contributed by atoms with Gasteiger partial charge in [-0.2, -0.15) is 0 Å². The van der Waals surface area contributed by atoms with E-state index in [4.69, 9.17) is 14.0 Å². The molecule has 1 aromatic heterocycles. The smallest absolute Gasteiger partial charge is 0.236 e. The van der Waals surface area contributed by atoms with E-state index < -0.39 is 5.41 Å². The SMILES string of the molecule is COc1ccc(-c2cc(C3(C(=O)Nc4ccc(C(C)=O)cc4)CC3)no2)cc1OC. The molecule has 0 saturated heterocycles. The average molecular weight is 406 g/mol. The standard InChI is InChI=1S/C23H22N2O5/c1-14(26)15-4-7-17(8-5-15)24-22(27)23(10-11-23)21-13-19(30-25-21)16-6-9-18(28-2)20(12-16)29-3/h4-9,12-13H,10-11H2,1-3H3,(H,24,27). The van der Waals surface area contributed by atoms with Crippen molar-refractivity contribution in [3.8, 4) is 22.8 Å². The van der Waals surface area contributed by atoms with Gasteiger partial charge in [0, 0.05) is 22.9 Å². The highest BCUT2D eigenvalue weighted by molar-refractivity contribution is 6.01. The fourth-order valence-electron chi connectivity index (χ4n) is 3.39. The van der Waals surface area contributed by atoms with Gasteiger partial charge in [-0.3, -0.25) is 9.59 Å². The summed E-state index contributed by atoms with van der Waals surface area (Å²) in [5.74, 6) is 1.61. The van der Waals surface area contributed by atoms with Crippen molar-refractivity contribution in [2.45, 2.75) is 25.2 Å². The molecule has 1 saturated carbocycles. The molecule has 4 rings (SSSR count). The number of carbonyl (C=O) groups excluding carboxylic acids is 2. The highest BCUT2D eigenvalue weighted by Gasteiger charge is 2.53. The maximum absolute atomic E-state index is 12.9. The summed E-state index contributed by atoms with van der Waals surface area (Å²) in [5.41, 5.74) is 1.93. The number of rotatable bonds is 7. The Bertz CT molecular complexity index is 1100. The molecule has 0 atom stereocenters. The Morgan fingerprint density at radius 3 is 2.30 bits per heavy atom. The van der Waals surface area contributed by atoms with Gasteiger partial charge in [0.2, 0.25) is 5.91 Å². The van der Waals surface area contributed by atoms with Crippen LogP contribution in [0.2, 0.25) is 0 Å². The second-order valence-corrected chi connectivity index (χ2v) is 7.32. The highest BCUT2D eigenvalue weighted by atomic mass is 16.5. The number of ether oxygens (including phenoxy) is 2. The largest absolute Gasteiger partial charge is 0.493 e. The number of hydrogen-bond acceptors (Lipinski definition) is 6. The fourth-order valence-corrected chi connectivity index (χ4v) is 3.39. The number of amides is 1. The predicted molar refractivity (Wildman–Crippen MR) is 111 cm³/mol. The van der Waals surface area contributed by atoms with E-state index in [0.29, 0.717) is 47.0 Å². The van der Waals surface area contributed by atoms with Gasteiger partial charge in [-0.1, -0.05) is 5.16 Å². The number of anilines is 1. The Hall–Kier alpha value is -3.61. The Labute approximate surface area is 174 Å². The number of nitrogens with one attached hydrogen (secondary N) is 1. The zero-order valence-corrected chi connectivity index (χ0v) is 17.0. The first kappa shape index (κ1) is 19.7. The van der Waals surface area contributed by atoms with Gasteiger partial charge in [-0.25, -0.2) is 0 Å². The molecule has 3 aromatic rings. The first-order valence-electron chi connectivity index (χ1n) is 9.59. The molecule has 1 N–H and O–H groups in total. The van der Waals surface area contributed by atoms with Crippen LogP contribution < -0.4 is 14.8 Å². The minimum Gasteiger partial charge on any atom is -0.493 e. The number of nitrogens with zero attached hydrogens (tertiary/aromatic N) is 1. The van der Waals surface area contributed by atoms with Crippen LogP contribution in [-0.2, 0) is 10.2 Å². The number of aromatic nitrogens is 1. The van der Waals surface area contributed by atoms with Gasteiger partial charge < -0.3 is 19.3 Å². The molecule has 0 aliphatic heterocycles. The summed E-state index contributed by atoms with van der Waals surface area (Å²) in [5, 5.41) is 7.10. The van der Waals surface area contributed by atoms with Crippen molar-refractivity contribution in [3.63, 3.8) is 0 Å². The van der Waals surface area contributed by atoms with Gasteiger partial charge in [-0.15, -0.1) is 0 Å². The van der Waals surface area contributed by atoms with E-state index in [0.717, 1.165) is 5.56 Å². The van der Waals surface area contributed by atoms with Crippen LogP contribution in [-0.4, -0.2) is 31.1 Å². The molecule has 1 fully saturated rings. The second kappa shape index (κ2) is 7.67. The van der Waals surface area contributed by atoms with Crippen LogP contribution in [0.25, 0.3) is 11.3 Å². The molecular weight excluding hydrogens is 384 g/mol. The topological polar surface area (TPSA) is 90.7 Å². The number of carbonyl (C=O) groups is 2. The van der Waals surface area contributed by atoms with Crippen LogP contribution in [0.4, 0.5) is 5.69 Å². The number of hydrogen-bond donors (Lipinski definition) is 1. The molecule has 0 radical (unpaired) electrons. The normalized spacial score (nSPS) is 14.1. The average Bonchev–Trinajstić information content (AvgIpc) is 3.43. The molecule has 0 spiro atoms. The van der Waals surface area contributed by atoms with Gasteiger partial charge in [0.05, 0.1) is 25.3 Å². The van der Waals surface area contributed by atoms with Gasteiger partial charge >= 0.3 is 0 Å². The molecule has 1 aliphatic carbocycles. The van der Waals surface area contributed by atoms with Crippen molar-refractivity contribution in [1.29, 1.82) is 0 Å². The van der Waals surface area contributed by atoms with Crippen molar-refractivity contribution < 1.29 is 23.6 Å². The van der Waals surface area contributed by atoms with Crippen LogP contribution in [0.1, 0.15) is 35.8 Å². The molecule has 7 heteroatoms. The Kier molecular flexibility index (Phi) is 5.03. The molecule has 2 aromatic carbocycles. The summed E-state index contributed by atoms with van der Waals surface area (Å²) < 4.78 is 16.1. The number of methoxy groups -OCH3 is 2. The summed E-state index contributed by atoms with van der Waals surface area (Å²) in [4.78, 5) is 24.4. The fraction of sp³-hybridized carbons (Fsp3) is 0.261. The van der Waals surface area contributed by atoms with Crippen LogP contribution in [0, 0.1) is 0 Å².